The molecular weight excluding hydrogens is 150 g/mol. The minimum atomic E-state index is 0.637. The minimum absolute atomic E-state index is 0.637. The molecule has 0 saturated carbocycles. The predicted octanol–water partition coefficient (Wildman–Crippen LogP) is 1.12. The van der Waals surface area contributed by atoms with Crippen LogP contribution in [0.3, 0.4) is 0 Å². The highest BCUT2D eigenvalue weighted by Crippen LogP contribution is 2.08. The monoisotopic (exact) mass is 165 g/mol. The Morgan fingerprint density at radius 2 is 2.33 bits per heavy atom. The lowest BCUT2D eigenvalue weighted by Crippen LogP contribution is -2.17. The fourth-order valence-corrected chi connectivity index (χ4v) is 0.987. The molecule has 1 rings (SSSR count). The zero-order valence-corrected chi connectivity index (χ0v) is 7.62. The van der Waals surface area contributed by atoms with Crippen LogP contribution in [0.15, 0.2) is 18.3 Å². The third-order valence-corrected chi connectivity index (χ3v) is 1.91. The van der Waals surface area contributed by atoms with Gasteiger partial charge in [-0.05, 0) is 19.7 Å². The van der Waals surface area contributed by atoms with Crippen LogP contribution in [0.5, 0.6) is 0 Å². The Hall–Kier alpha value is -1.09. The van der Waals surface area contributed by atoms with E-state index in [0.29, 0.717) is 5.82 Å². The first kappa shape index (κ1) is 9.00. The van der Waals surface area contributed by atoms with Crippen molar-refractivity contribution < 1.29 is 0 Å². The molecule has 1 aromatic rings. The summed E-state index contributed by atoms with van der Waals surface area (Å²) in [5, 5.41) is 0. The Morgan fingerprint density at radius 1 is 1.58 bits per heavy atom. The Balaban J connectivity index is 2.69. The van der Waals surface area contributed by atoms with Gasteiger partial charge in [-0.15, -0.1) is 0 Å². The Labute approximate surface area is 73.2 Å². The summed E-state index contributed by atoms with van der Waals surface area (Å²) < 4.78 is 0. The van der Waals surface area contributed by atoms with Crippen molar-refractivity contribution in [3.8, 4) is 0 Å². The highest BCUT2D eigenvalue weighted by atomic mass is 15.1. The molecule has 0 amide bonds. The molecule has 0 saturated heterocycles. The highest BCUT2D eigenvalue weighted by Gasteiger charge is 2.00. The summed E-state index contributed by atoms with van der Waals surface area (Å²) in [4.78, 5) is 6.21. The highest BCUT2D eigenvalue weighted by molar-refractivity contribution is 5.38. The number of pyridine rings is 1. The van der Waals surface area contributed by atoms with Crippen LogP contribution >= 0.6 is 0 Å². The molecule has 3 nitrogen and oxygen atoms in total. The number of nitrogen functional groups attached to an aromatic ring is 1. The first-order valence-electron chi connectivity index (χ1n) is 4.12. The van der Waals surface area contributed by atoms with Crippen LogP contribution in [-0.4, -0.2) is 23.5 Å². The molecule has 0 unspecified atom stereocenters. The Morgan fingerprint density at radius 3 is 2.92 bits per heavy atom. The average Bonchev–Trinajstić information content (AvgIpc) is 2.09. The fourth-order valence-electron chi connectivity index (χ4n) is 0.987. The van der Waals surface area contributed by atoms with Crippen LogP contribution in [0.2, 0.25) is 0 Å². The molecule has 0 aliphatic rings. The van der Waals surface area contributed by atoms with Crippen LogP contribution in [0.4, 0.5) is 5.82 Å². The molecule has 0 fully saturated rings. The lowest BCUT2D eigenvalue weighted by Gasteiger charge is -2.14. The second-order valence-electron chi connectivity index (χ2n) is 2.88. The first-order chi connectivity index (χ1) is 5.74. The summed E-state index contributed by atoms with van der Waals surface area (Å²) in [6.45, 7) is 4.01. The number of hydrogen-bond acceptors (Lipinski definition) is 3. The lowest BCUT2D eigenvalue weighted by atomic mass is 10.2. The second-order valence-corrected chi connectivity index (χ2v) is 2.88. The van der Waals surface area contributed by atoms with E-state index < -0.39 is 0 Å². The summed E-state index contributed by atoms with van der Waals surface area (Å²) in [6.07, 6.45) is 1.71. The number of nitrogens with zero attached hydrogens (tertiary/aromatic N) is 2. The van der Waals surface area contributed by atoms with Gasteiger partial charge < -0.3 is 10.6 Å². The van der Waals surface area contributed by atoms with Crippen molar-refractivity contribution in [2.45, 2.75) is 13.5 Å². The average molecular weight is 165 g/mol. The molecular formula is C9H15N3. The molecule has 0 radical (unpaired) electrons. The predicted molar refractivity (Wildman–Crippen MR) is 50.7 cm³/mol. The van der Waals surface area contributed by atoms with E-state index in [0.717, 1.165) is 18.7 Å². The van der Waals surface area contributed by atoms with E-state index in [9.17, 15) is 0 Å². The molecule has 0 bridgehead atoms. The molecule has 0 aromatic carbocycles. The van der Waals surface area contributed by atoms with Crippen LogP contribution in [0.1, 0.15) is 12.5 Å². The Kier molecular flexibility index (Phi) is 3.05. The maximum absolute atomic E-state index is 5.69. The van der Waals surface area contributed by atoms with E-state index in [2.05, 4.69) is 23.9 Å². The van der Waals surface area contributed by atoms with E-state index in [1.807, 2.05) is 12.1 Å². The number of nitrogens with two attached hydrogens (primary N) is 1. The van der Waals surface area contributed by atoms with Crippen molar-refractivity contribution in [3.05, 3.63) is 23.9 Å². The topological polar surface area (TPSA) is 42.2 Å². The lowest BCUT2D eigenvalue weighted by molar-refractivity contribution is 0.346. The van der Waals surface area contributed by atoms with E-state index in [4.69, 9.17) is 5.73 Å². The van der Waals surface area contributed by atoms with Crippen LogP contribution < -0.4 is 5.73 Å². The number of aromatic nitrogens is 1. The van der Waals surface area contributed by atoms with Gasteiger partial charge in [0, 0.05) is 18.3 Å². The molecule has 0 spiro atoms. The van der Waals surface area contributed by atoms with Gasteiger partial charge in [0.25, 0.3) is 0 Å². The molecule has 0 atom stereocenters. The largest absolute Gasteiger partial charge is 0.383 e. The van der Waals surface area contributed by atoms with Gasteiger partial charge in [0.05, 0.1) is 0 Å². The zero-order valence-electron chi connectivity index (χ0n) is 7.62. The number of hydrogen-bond donors (Lipinski definition) is 1. The second kappa shape index (κ2) is 4.07. The Bertz CT molecular complexity index is 247. The molecule has 1 heterocycles. The SMILES string of the molecule is CCN(C)Cc1cccnc1N. The maximum atomic E-state index is 5.69. The van der Waals surface area contributed by atoms with Crippen LogP contribution in [-0.2, 0) is 6.54 Å². The molecule has 0 aliphatic carbocycles. The van der Waals surface area contributed by atoms with Gasteiger partial charge in [0.15, 0.2) is 0 Å². The van der Waals surface area contributed by atoms with Gasteiger partial charge in [-0.2, -0.15) is 0 Å². The van der Waals surface area contributed by atoms with Crippen molar-refractivity contribution in [2.75, 3.05) is 19.3 Å². The van der Waals surface area contributed by atoms with E-state index in [1.165, 1.54) is 0 Å². The van der Waals surface area contributed by atoms with Crippen molar-refractivity contribution in [1.82, 2.24) is 9.88 Å². The third kappa shape index (κ3) is 2.20. The van der Waals surface area contributed by atoms with Crippen molar-refractivity contribution >= 4 is 5.82 Å². The maximum Gasteiger partial charge on any atom is 0.127 e. The normalized spacial score (nSPS) is 10.6. The first-order valence-corrected chi connectivity index (χ1v) is 4.12. The van der Waals surface area contributed by atoms with E-state index in [-0.39, 0.29) is 0 Å². The summed E-state index contributed by atoms with van der Waals surface area (Å²) in [5.41, 5.74) is 6.78. The van der Waals surface area contributed by atoms with Crippen molar-refractivity contribution in [1.29, 1.82) is 0 Å². The molecule has 2 N–H and O–H groups in total. The van der Waals surface area contributed by atoms with Crippen molar-refractivity contribution in [2.24, 2.45) is 0 Å². The smallest absolute Gasteiger partial charge is 0.127 e. The molecule has 0 aliphatic heterocycles. The van der Waals surface area contributed by atoms with Gasteiger partial charge in [-0.1, -0.05) is 13.0 Å². The zero-order chi connectivity index (χ0) is 8.97. The van der Waals surface area contributed by atoms with Gasteiger partial charge in [0.2, 0.25) is 0 Å². The van der Waals surface area contributed by atoms with Crippen LogP contribution in [0, 0.1) is 0 Å². The van der Waals surface area contributed by atoms with Crippen molar-refractivity contribution in [3.63, 3.8) is 0 Å². The van der Waals surface area contributed by atoms with Crippen LogP contribution in [0.25, 0.3) is 0 Å². The molecule has 3 heteroatoms. The van der Waals surface area contributed by atoms with E-state index in [1.54, 1.807) is 6.20 Å². The minimum Gasteiger partial charge on any atom is -0.383 e. The third-order valence-electron chi connectivity index (χ3n) is 1.91. The number of anilines is 1. The summed E-state index contributed by atoms with van der Waals surface area (Å²) in [6, 6.07) is 3.92. The summed E-state index contributed by atoms with van der Waals surface area (Å²) >= 11 is 0. The summed E-state index contributed by atoms with van der Waals surface area (Å²) in [7, 11) is 2.06. The molecule has 12 heavy (non-hydrogen) atoms. The molecule has 66 valence electrons. The fraction of sp³-hybridized carbons (Fsp3) is 0.444. The quantitative estimate of drug-likeness (QED) is 0.729. The van der Waals surface area contributed by atoms with Gasteiger partial charge in [-0.3, -0.25) is 0 Å². The standard InChI is InChI=1S/C9H15N3/c1-3-12(2)7-8-5-4-6-11-9(8)10/h4-6H,3,7H2,1-2H3,(H2,10,11). The van der Waals surface area contributed by atoms with Gasteiger partial charge >= 0.3 is 0 Å². The van der Waals surface area contributed by atoms with Gasteiger partial charge in [-0.25, -0.2) is 4.98 Å². The summed E-state index contributed by atoms with van der Waals surface area (Å²) in [5.74, 6) is 0.637. The van der Waals surface area contributed by atoms with Gasteiger partial charge in [0.1, 0.15) is 5.82 Å². The molecule has 1 aromatic heterocycles. The van der Waals surface area contributed by atoms with E-state index >= 15 is 0 Å². The number of rotatable bonds is 3.